The Labute approximate surface area is 147 Å². The van der Waals surface area contributed by atoms with E-state index in [-0.39, 0.29) is 6.10 Å². The molecule has 0 radical (unpaired) electrons. The molecule has 0 aromatic carbocycles. The molecule has 0 bridgehead atoms. The molecule has 2 atom stereocenters. The van der Waals surface area contributed by atoms with E-state index >= 15 is 0 Å². The topological polar surface area (TPSA) is 39.2 Å². The van der Waals surface area contributed by atoms with Gasteiger partial charge in [-0.15, -0.1) is 0 Å². The minimum Gasteiger partial charge on any atom is -0.390 e. The maximum atomic E-state index is 10.5. The molecule has 3 aliphatic rings. The highest BCUT2D eigenvalue weighted by Crippen LogP contribution is 2.20. The molecule has 24 heavy (non-hydrogen) atoms. The van der Waals surface area contributed by atoms with Crippen LogP contribution in [0, 0.1) is 5.92 Å². The van der Waals surface area contributed by atoms with Crippen LogP contribution < -0.4 is 0 Å². The molecule has 140 valence electrons. The molecule has 3 fully saturated rings. The highest BCUT2D eigenvalue weighted by Gasteiger charge is 2.24. The van der Waals surface area contributed by atoms with Gasteiger partial charge >= 0.3 is 0 Å². The van der Waals surface area contributed by atoms with Gasteiger partial charge in [-0.05, 0) is 51.2 Å². The van der Waals surface area contributed by atoms with Crippen molar-refractivity contribution in [1.82, 2.24) is 14.7 Å². The molecular formula is C19H37N3O2. The summed E-state index contributed by atoms with van der Waals surface area (Å²) in [7, 11) is 0. The van der Waals surface area contributed by atoms with Gasteiger partial charge in [0, 0.05) is 39.3 Å². The SMILES string of the molecule is OC(CN1CCOCC1)CN1CCCC(CN2CCCCCC2)C1. The van der Waals surface area contributed by atoms with Crippen LogP contribution >= 0.6 is 0 Å². The lowest BCUT2D eigenvalue weighted by atomic mass is 9.97. The summed E-state index contributed by atoms with van der Waals surface area (Å²) < 4.78 is 5.39. The monoisotopic (exact) mass is 339 g/mol. The number of aliphatic hydroxyl groups is 1. The van der Waals surface area contributed by atoms with Crippen molar-refractivity contribution in [3.8, 4) is 0 Å². The lowest BCUT2D eigenvalue weighted by Crippen LogP contribution is -2.47. The second kappa shape index (κ2) is 10.1. The Morgan fingerprint density at radius 3 is 2.21 bits per heavy atom. The van der Waals surface area contributed by atoms with E-state index in [9.17, 15) is 5.11 Å². The molecule has 5 heteroatoms. The van der Waals surface area contributed by atoms with Gasteiger partial charge in [-0.3, -0.25) is 4.90 Å². The summed E-state index contributed by atoms with van der Waals surface area (Å²) in [6.07, 6.45) is 8.04. The third-order valence-electron chi connectivity index (χ3n) is 5.86. The number of rotatable bonds is 6. The van der Waals surface area contributed by atoms with Crippen LogP contribution in [0.5, 0.6) is 0 Å². The van der Waals surface area contributed by atoms with Gasteiger partial charge in [0.15, 0.2) is 0 Å². The summed E-state index contributed by atoms with van der Waals surface area (Å²) >= 11 is 0. The van der Waals surface area contributed by atoms with E-state index in [1.165, 1.54) is 64.7 Å². The van der Waals surface area contributed by atoms with Crippen molar-refractivity contribution in [3.05, 3.63) is 0 Å². The molecule has 3 aliphatic heterocycles. The van der Waals surface area contributed by atoms with Gasteiger partial charge in [-0.25, -0.2) is 0 Å². The maximum absolute atomic E-state index is 10.5. The molecule has 0 aromatic rings. The number of hydrogen-bond acceptors (Lipinski definition) is 5. The number of hydrogen-bond donors (Lipinski definition) is 1. The van der Waals surface area contributed by atoms with Crippen molar-refractivity contribution in [1.29, 1.82) is 0 Å². The average molecular weight is 340 g/mol. The van der Waals surface area contributed by atoms with E-state index in [2.05, 4.69) is 14.7 Å². The molecule has 0 aliphatic carbocycles. The van der Waals surface area contributed by atoms with Gasteiger partial charge < -0.3 is 19.6 Å². The van der Waals surface area contributed by atoms with E-state index in [1.54, 1.807) is 0 Å². The number of nitrogens with zero attached hydrogens (tertiary/aromatic N) is 3. The fourth-order valence-electron chi connectivity index (χ4n) is 4.59. The van der Waals surface area contributed by atoms with Crippen LogP contribution in [0.15, 0.2) is 0 Å². The van der Waals surface area contributed by atoms with Gasteiger partial charge in [0.05, 0.1) is 19.3 Å². The number of morpholine rings is 1. The Morgan fingerprint density at radius 2 is 1.46 bits per heavy atom. The van der Waals surface area contributed by atoms with Crippen molar-refractivity contribution < 1.29 is 9.84 Å². The highest BCUT2D eigenvalue weighted by molar-refractivity contribution is 4.79. The van der Waals surface area contributed by atoms with Crippen molar-refractivity contribution in [2.45, 2.75) is 44.6 Å². The fourth-order valence-corrected chi connectivity index (χ4v) is 4.59. The number of likely N-dealkylation sites (tertiary alicyclic amines) is 2. The Bertz CT molecular complexity index is 342. The molecule has 3 saturated heterocycles. The van der Waals surface area contributed by atoms with E-state index in [1.807, 2.05) is 0 Å². The quantitative estimate of drug-likeness (QED) is 0.789. The second-order valence-electron chi connectivity index (χ2n) is 8.05. The van der Waals surface area contributed by atoms with Crippen molar-refractivity contribution in [2.24, 2.45) is 5.92 Å². The van der Waals surface area contributed by atoms with Crippen molar-refractivity contribution in [2.75, 3.05) is 72.1 Å². The third-order valence-corrected chi connectivity index (χ3v) is 5.86. The third kappa shape index (κ3) is 6.26. The standard InChI is InChI=1S/C19H37N3O2/c23-19(16-21-10-12-24-13-11-21)17-22-9-5-6-18(15-22)14-20-7-3-1-2-4-8-20/h18-19,23H,1-17H2. The summed E-state index contributed by atoms with van der Waals surface area (Å²) in [5.41, 5.74) is 0. The Hall–Kier alpha value is -0.200. The lowest BCUT2D eigenvalue weighted by molar-refractivity contribution is 0.00248. The number of β-amino-alcohol motifs (C(OH)–C–C–N with tert-alkyl or cyclic N) is 1. The molecule has 1 N–H and O–H groups in total. The molecule has 0 spiro atoms. The van der Waals surface area contributed by atoms with Crippen LogP contribution in [0.3, 0.4) is 0 Å². The zero-order chi connectivity index (χ0) is 16.6. The van der Waals surface area contributed by atoms with Gasteiger partial charge in [-0.2, -0.15) is 0 Å². The first-order chi connectivity index (χ1) is 11.8. The number of aliphatic hydroxyl groups excluding tert-OH is 1. The van der Waals surface area contributed by atoms with Gasteiger partial charge in [-0.1, -0.05) is 12.8 Å². The number of ether oxygens (including phenoxy) is 1. The van der Waals surface area contributed by atoms with Crippen LogP contribution in [-0.2, 0) is 4.74 Å². The van der Waals surface area contributed by atoms with E-state index < -0.39 is 0 Å². The molecule has 0 aromatic heterocycles. The second-order valence-corrected chi connectivity index (χ2v) is 8.05. The maximum Gasteiger partial charge on any atom is 0.0793 e. The summed E-state index contributed by atoms with van der Waals surface area (Å²) in [5.74, 6) is 0.799. The first kappa shape index (κ1) is 18.6. The first-order valence-electron chi connectivity index (χ1n) is 10.2. The Kier molecular flexibility index (Phi) is 7.80. The van der Waals surface area contributed by atoms with E-state index in [0.717, 1.165) is 51.9 Å². The summed E-state index contributed by atoms with van der Waals surface area (Å²) in [6, 6.07) is 0. The van der Waals surface area contributed by atoms with Crippen molar-refractivity contribution in [3.63, 3.8) is 0 Å². The van der Waals surface area contributed by atoms with Crippen molar-refractivity contribution >= 4 is 0 Å². The first-order valence-corrected chi connectivity index (χ1v) is 10.2. The van der Waals surface area contributed by atoms with Crippen LogP contribution in [0.25, 0.3) is 0 Å². The van der Waals surface area contributed by atoms with E-state index in [4.69, 9.17) is 4.74 Å². The Morgan fingerprint density at radius 1 is 0.792 bits per heavy atom. The molecule has 0 amide bonds. The summed E-state index contributed by atoms with van der Waals surface area (Å²) in [5, 5.41) is 10.5. The minimum absolute atomic E-state index is 0.222. The molecule has 5 nitrogen and oxygen atoms in total. The molecule has 3 rings (SSSR count). The minimum atomic E-state index is -0.222. The Balaban J connectivity index is 1.37. The van der Waals surface area contributed by atoms with Crippen LogP contribution in [0.2, 0.25) is 0 Å². The number of piperidine rings is 1. The fraction of sp³-hybridized carbons (Fsp3) is 1.00. The van der Waals surface area contributed by atoms with Crippen LogP contribution in [0.1, 0.15) is 38.5 Å². The van der Waals surface area contributed by atoms with E-state index in [0.29, 0.717) is 0 Å². The molecule has 3 heterocycles. The normalized spacial score (nSPS) is 30.1. The average Bonchev–Trinajstić information content (AvgIpc) is 2.85. The van der Waals surface area contributed by atoms with Gasteiger partial charge in [0.25, 0.3) is 0 Å². The summed E-state index contributed by atoms with van der Waals surface area (Å²) in [4.78, 5) is 7.55. The van der Waals surface area contributed by atoms with Crippen LogP contribution in [0.4, 0.5) is 0 Å². The largest absolute Gasteiger partial charge is 0.390 e. The lowest BCUT2D eigenvalue weighted by Gasteiger charge is -2.37. The predicted octanol–water partition coefficient (Wildman–Crippen LogP) is 1.27. The smallest absolute Gasteiger partial charge is 0.0793 e. The highest BCUT2D eigenvalue weighted by atomic mass is 16.5. The predicted molar refractivity (Wildman–Crippen MR) is 97.3 cm³/mol. The van der Waals surface area contributed by atoms with Crippen LogP contribution in [-0.4, -0.2) is 98.0 Å². The molecule has 2 unspecified atom stereocenters. The molecule has 0 saturated carbocycles. The molecular weight excluding hydrogens is 302 g/mol. The zero-order valence-electron chi connectivity index (χ0n) is 15.4. The van der Waals surface area contributed by atoms with Gasteiger partial charge in [0.1, 0.15) is 0 Å². The van der Waals surface area contributed by atoms with Gasteiger partial charge in [0.2, 0.25) is 0 Å². The summed E-state index contributed by atoms with van der Waals surface area (Å²) in [6.45, 7) is 11.4. The zero-order valence-corrected chi connectivity index (χ0v) is 15.4.